The molecule has 0 aliphatic rings. The van der Waals surface area contributed by atoms with Crippen LogP contribution < -0.4 is 4.73 Å². The number of hydrogen-bond acceptors (Lipinski definition) is 3. The molecule has 5 heteroatoms. The Morgan fingerprint density at radius 2 is 2.33 bits per heavy atom. The summed E-state index contributed by atoms with van der Waals surface area (Å²) in [5, 5.41) is 10.8. The lowest BCUT2D eigenvalue weighted by Crippen LogP contribution is -2.26. The molecule has 0 saturated carbocycles. The topological polar surface area (TPSA) is 53.2 Å². The van der Waals surface area contributed by atoms with E-state index in [0.29, 0.717) is 9.20 Å². The molecular weight excluding hydrogens is 226 g/mol. The summed E-state index contributed by atoms with van der Waals surface area (Å²) in [6.45, 7) is 0. The predicted molar refractivity (Wildman–Crippen MR) is 44.4 cm³/mol. The van der Waals surface area contributed by atoms with E-state index in [4.69, 9.17) is 0 Å². The Balaban J connectivity index is 3.08. The van der Waals surface area contributed by atoms with Crippen molar-refractivity contribution in [1.82, 2.24) is 0 Å². The number of halogens is 1. The van der Waals surface area contributed by atoms with Gasteiger partial charge in [-0.25, -0.2) is 4.79 Å². The lowest BCUT2D eigenvalue weighted by molar-refractivity contribution is -0.606. The van der Waals surface area contributed by atoms with Crippen molar-refractivity contribution in [3.8, 4) is 0 Å². The molecule has 0 spiro atoms. The van der Waals surface area contributed by atoms with Crippen molar-refractivity contribution in [2.45, 2.75) is 0 Å². The van der Waals surface area contributed by atoms with Crippen molar-refractivity contribution >= 4 is 21.9 Å². The van der Waals surface area contributed by atoms with Crippen molar-refractivity contribution in [2.75, 3.05) is 7.11 Å². The van der Waals surface area contributed by atoms with Crippen molar-refractivity contribution in [1.29, 1.82) is 0 Å². The number of esters is 1. The minimum atomic E-state index is -0.527. The SMILES string of the molecule is COC(=O)c1cc(Br)c[n+]([O-])c1. The molecule has 4 nitrogen and oxygen atoms in total. The molecule has 0 bridgehead atoms. The first-order valence-electron chi connectivity index (χ1n) is 3.11. The molecule has 0 atom stereocenters. The molecule has 0 amide bonds. The highest BCUT2D eigenvalue weighted by Crippen LogP contribution is 2.08. The maximum Gasteiger partial charge on any atom is 0.344 e. The third-order valence-corrected chi connectivity index (χ3v) is 1.67. The van der Waals surface area contributed by atoms with Crippen molar-refractivity contribution in [2.24, 2.45) is 0 Å². The molecule has 0 aliphatic carbocycles. The lowest BCUT2D eigenvalue weighted by Gasteiger charge is -1.99. The maximum atomic E-state index is 10.9. The van der Waals surface area contributed by atoms with E-state index in [1.807, 2.05) is 0 Å². The summed E-state index contributed by atoms with van der Waals surface area (Å²) in [6.07, 6.45) is 2.45. The van der Waals surface area contributed by atoms with Gasteiger partial charge in [0, 0.05) is 0 Å². The van der Waals surface area contributed by atoms with Crippen LogP contribution in [0.25, 0.3) is 0 Å². The monoisotopic (exact) mass is 231 g/mol. The first-order valence-corrected chi connectivity index (χ1v) is 3.90. The van der Waals surface area contributed by atoms with Crippen LogP contribution in [0, 0.1) is 5.21 Å². The van der Waals surface area contributed by atoms with Gasteiger partial charge in [0.05, 0.1) is 11.6 Å². The summed E-state index contributed by atoms with van der Waals surface area (Å²) in [5.41, 5.74) is 0.224. The van der Waals surface area contributed by atoms with Gasteiger partial charge in [-0.2, -0.15) is 4.73 Å². The molecule has 64 valence electrons. The fourth-order valence-corrected chi connectivity index (χ4v) is 1.20. The molecule has 0 aliphatic heterocycles. The number of ether oxygens (including phenoxy) is 1. The van der Waals surface area contributed by atoms with Crippen LogP contribution in [0.4, 0.5) is 0 Å². The second kappa shape index (κ2) is 3.53. The first kappa shape index (κ1) is 8.99. The van der Waals surface area contributed by atoms with Crippen molar-refractivity contribution < 1.29 is 14.3 Å². The van der Waals surface area contributed by atoms with E-state index in [-0.39, 0.29) is 5.56 Å². The fourth-order valence-electron chi connectivity index (χ4n) is 0.748. The third-order valence-electron chi connectivity index (χ3n) is 1.23. The van der Waals surface area contributed by atoms with Gasteiger partial charge in [0.1, 0.15) is 5.56 Å². The van der Waals surface area contributed by atoms with Crippen LogP contribution in [-0.2, 0) is 4.74 Å². The van der Waals surface area contributed by atoms with Crippen molar-refractivity contribution in [3.63, 3.8) is 0 Å². The smallest absolute Gasteiger partial charge is 0.344 e. The molecule has 0 unspecified atom stereocenters. The highest BCUT2D eigenvalue weighted by atomic mass is 79.9. The number of methoxy groups -OCH3 is 1. The minimum absolute atomic E-state index is 0.224. The summed E-state index contributed by atoms with van der Waals surface area (Å²) >= 11 is 3.08. The Morgan fingerprint density at radius 1 is 1.67 bits per heavy atom. The average molecular weight is 232 g/mol. The number of nitrogens with zero attached hydrogens (tertiary/aromatic N) is 1. The van der Waals surface area contributed by atoms with Gasteiger partial charge >= 0.3 is 5.97 Å². The zero-order valence-electron chi connectivity index (χ0n) is 6.28. The van der Waals surface area contributed by atoms with Crippen LogP contribution in [-0.4, -0.2) is 13.1 Å². The van der Waals surface area contributed by atoms with Gasteiger partial charge in [0.15, 0.2) is 12.4 Å². The molecule has 1 heterocycles. The minimum Gasteiger partial charge on any atom is -0.619 e. The van der Waals surface area contributed by atoms with Gasteiger partial charge < -0.3 is 9.94 Å². The fraction of sp³-hybridized carbons (Fsp3) is 0.143. The highest BCUT2D eigenvalue weighted by Gasteiger charge is 2.09. The van der Waals surface area contributed by atoms with Gasteiger partial charge in [-0.3, -0.25) is 0 Å². The van der Waals surface area contributed by atoms with E-state index in [0.717, 1.165) is 6.20 Å². The van der Waals surface area contributed by atoms with Gasteiger partial charge in [-0.15, -0.1) is 0 Å². The Morgan fingerprint density at radius 3 is 2.83 bits per heavy atom. The van der Waals surface area contributed by atoms with Crippen LogP contribution in [0.5, 0.6) is 0 Å². The van der Waals surface area contributed by atoms with Crippen molar-refractivity contribution in [3.05, 3.63) is 33.7 Å². The van der Waals surface area contributed by atoms with Gasteiger partial charge in [0.25, 0.3) is 0 Å². The molecule has 1 rings (SSSR count). The van der Waals surface area contributed by atoms with Crippen LogP contribution in [0.3, 0.4) is 0 Å². The zero-order chi connectivity index (χ0) is 9.14. The maximum absolute atomic E-state index is 10.9. The van der Waals surface area contributed by atoms with E-state index in [1.165, 1.54) is 19.4 Å². The number of aromatic nitrogens is 1. The van der Waals surface area contributed by atoms with Crippen LogP contribution in [0.1, 0.15) is 10.4 Å². The zero-order valence-corrected chi connectivity index (χ0v) is 7.87. The first-order chi connectivity index (χ1) is 5.63. The number of hydrogen-bond donors (Lipinski definition) is 0. The molecule has 0 radical (unpaired) electrons. The standard InChI is InChI=1S/C7H6BrNO3/c1-12-7(10)5-2-6(8)4-9(11)3-5/h2-4H,1H3. The van der Waals surface area contributed by atoms with Crippen LogP contribution in [0.15, 0.2) is 22.9 Å². The van der Waals surface area contributed by atoms with Crippen LogP contribution >= 0.6 is 15.9 Å². The van der Waals surface area contributed by atoms with Gasteiger partial charge in [-0.05, 0) is 22.0 Å². The summed E-state index contributed by atoms with van der Waals surface area (Å²) in [6, 6.07) is 1.51. The average Bonchev–Trinajstić information content (AvgIpc) is 2.01. The summed E-state index contributed by atoms with van der Waals surface area (Å²) in [4.78, 5) is 10.9. The number of carbonyl (C=O) groups excluding carboxylic acids is 1. The largest absolute Gasteiger partial charge is 0.619 e. The molecule has 0 saturated heterocycles. The Hall–Kier alpha value is -1.10. The summed E-state index contributed by atoms with van der Waals surface area (Å²) in [5.74, 6) is -0.527. The number of pyridine rings is 1. The molecule has 1 aromatic rings. The Labute approximate surface area is 77.5 Å². The second-order valence-electron chi connectivity index (χ2n) is 2.09. The molecule has 0 N–H and O–H groups in total. The number of rotatable bonds is 1. The summed E-state index contributed by atoms with van der Waals surface area (Å²) < 4.78 is 5.51. The van der Waals surface area contributed by atoms with E-state index >= 15 is 0 Å². The molecule has 1 aromatic heterocycles. The third kappa shape index (κ3) is 1.94. The van der Waals surface area contributed by atoms with Crippen LogP contribution in [0.2, 0.25) is 0 Å². The molecule has 0 aromatic carbocycles. The molecule has 0 fully saturated rings. The van der Waals surface area contributed by atoms with E-state index in [1.54, 1.807) is 0 Å². The van der Waals surface area contributed by atoms with Gasteiger partial charge in [0.2, 0.25) is 0 Å². The second-order valence-corrected chi connectivity index (χ2v) is 3.01. The number of carbonyl (C=O) groups is 1. The molecular formula is C7H6BrNO3. The lowest BCUT2D eigenvalue weighted by atomic mass is 10.3. The van der Waals surface area contributed by atoms with E-state index in [2.05, 4.69) is 20.7 Å². The normalized spacial score (nSPS) is 9.50. The predicted octanol–water partition coefficient (Wildman–Crippen LogP) is 0.869. The van der Waals surface area contributed by atoms with Gasteiger partial charge in [-0.1, -0.05) is 0 Å². The molecule has 12 heavy (non-hydrogen) atoms. The quantitative estimate of drug-likeness (QED) is 0.410. The Bertz CT molecular complexity index is 293. The Kier molecular flexibility index (Phi) is 2.65. The van der Waals surface area contributed by atoms with E-state index in [9.17, 15) is 10.0 Å². The van der Waals surface area contributed by atoms with E-state index < -0.39 is 5.97 Å². The highest BCUT2D eigenvalue weighted by molar-refractivity contribution is 9.10. The summed E-state index contributed by atoms with van der Waals surface area (Å²) in [7, 11) is 1.26.